The van der Waals surface area contributed by atoms with Gasteiger partial charge < -0.3 is 4.90 Å². The van der Waals surface area contributed by atoms with Crippen LogP contribution in [0.15, 0.2) is 58.3 Å². The van der Waals surface area contributed by atoms with Gasteiger partial charge in [0.25, 0.3) is 0 Å². The second kappa shape index (κ2) is 7.13. The summed E-state index contributed by atoms with van der Waals surface area (Å²) in [5.74, 6) is -0.538. The summed E-state index contributed by atoms with van der Waals surface area (Å²) >= 11 is 1.68. The van der Waals surface area contributed by atoms with Crippen LogP contribution in [0.4, 0.5) is 10.1 Å². The number of nitrogens with zero attached hydrogens (tertiary/aromatic N) is 2. The minimum Gasteiger partial charge on any atom is -0.368 e. The molecule has 1 fully saturated rings. The van der Waals surface area contributed by atoms with E-state index in [4.69, 9.17) is 0 Å². The van der Waals surface area contributed by atoms with E-state index in [1.54, 1.807) is 11.8 Å². The zero-order chi connectivity index (χ0) is 17.2. The Bertz CT molecular complexity index is 819. The zero-order valence-electron chi connectivity index (χ0n) is 13.4. The van der Waals surface area contributed by atoms with E-state index in [0.717, 1.165) is 11.8 Å². The summed E-state index contributed by atoms with van der Waals surface area (Å²) < 4.78 is 40.1. The van der Waals surface area contributed by atoms with Crippen LogP contribution >= 0.6 is 11.8 Å². The van der Waals surface area contributed by atoms with Gasteiger partial charge in [0.15, 0.2) is 0 Å². The normalized spacial score (nSPS) is 16.3. The summed E-state index contributed by atoms with van der Waals surface area (Å²) in [6, 6.07) is 13.3. The predicted octanol–water partition coefficient (Wildman–Crippen LogP) is 3.06. The van der Waals surface area contributed by atoms with Crippen molar-refractivity contribution in [2.24, 2.45) is 0 Å². The van der Waals surface area contributed by atoms with Gasteiger partial charge in [-0.15, -0.1) is 11.8 Å². The molecule has 0 N–H and O–H groups in total. The molecule has 0 atom stereocenters. The van der Waals surface area contributed by atoms with Crippen LogP contribution in [0.3, 0.4) is 0 Å². The number of hydrogen-bond donors (Lipinski definition) is 0. The molecule has 2 aromatic rings. The first-order valence-electron chi connectivity index (χ1n) is 7.66. The Kier molecular flexibility index (Phi) is 5.12. The molecule has 0 unspecified atom stereocenters. The first-order chi connectivity index (χ1) is 11.5. The lowest BCUT2D eigenvalue weighted by Crippen LogP contribution is -2.48. The SMILES string of the molecule is CSc1ccccc1N1CCN(S(=O)(=O)c2cccc(F)c2)CC1. The largest absolute Gasteiger partial charge is 0.368 e. The monoisotopic (exact) mass is 366 g/mol. The average Bonchev–Trinajstić information content (AvgIpc) is 2.62. The fourth-order valence-electron chi connectivity index (χ4n) is 2.84. The predicted molar refractivity (Wildman–Crippen MR) is 95.6 cm³/mol. The summed E-state index contributed by atoms with van der Waals surface area (Å²) in [7, 11) is -3.64. The number of sulfonamides is 1. The maximum atomic E-state index is 13.3. The number of hydrogen-bond acceptors (Lipinski definition) is 4. The highest BCUT2D eigenvalue weighted by Crippen LogP contribution is 2.29. The van der Waals surface area contributed by atoms with Crippen molar-refractivity contribution < 1.29 is 12.8 Å². The van der Waals surface area contributed by atoms with Crippen LogP contribution in [-0.4, -0.2) is 45.2 Å². The summed E-state index contributed by atoms with van der Waals surface area (Å²) in [5, 5.41) is 0. The molecule has 24 heavy (non-hydrogen) atoms. The van der Waals surface area contributed by atoms with Gasteiger partial charge in [-0.05, 0) is 36.6 Å². The number of para-hydroxylation sites is 1. The Balaban J connectivity index is 1.75. The third-order valence-electron chi connectivity index (χ3n) is 4.10. The molecule has 0 bridgehead atoms. The summed E-state index contributed by atoms with van der Waals surface area (Å²) in [6.07, 6.45) is 2.03. The first kappa shape index (κ1) is 17.3. The van der Waals surface area contributed by atoms with Gasteiger partial charge in [0, 0.05) is 31.1 Å². The molecule has 0 radical (unpaired) electrons. The fourth-order valence-corrected chi connectivity index (χ4v) is 4.91. The van der Waals surface area contributed by atoms with Crippen molar-refractivity contribution in [1.29, 1.82) is 0 Å². The Morgan fingerprint density at radius 2 is 1.71 bits per heavy atom. The summed E-state index contributed by atoms with van der Waals surface area (Å²) in [5.41, 5.74) is 1.13. The minimum atomic E-state index is -3.64. The van der Waals surface area contributed by atoms with E-state index < -0.39 is 15.8 Å². The van der Waals surface area contributed by atoms with Crippen molar-refractivity contribution in [3.63, 3.8) is 0 Å². The quantitative estimate of drug-likeness (QED) is 0.780. The van der Waals surface area contributed by atoms with Gasteiger partial charge in [-0.2, -0.15) is 4.31 Å². The smallest absolute Gasteiger partial charge is 0.243 e. The van der Waals surface area contributed by atoms with E-state index in [1.807, 2.05) is 18.4 Å². The van der Waals surface area contributed by atoms with Crippen LogP contribution in [0.25, 0.3) is 0 Å². The molecule has 1 saturated heterocycles. The summed E-state index contributed by atoms with van der Waals surface area (Å²) in [6.45, 7) is 2.02. The van der Waals surface area contributed by atoms with E-state index in [9.17, 15) is 12.8 Å². The van der Waals surface area contributed by atoms with Gasteiger partial charge in [-0.1, -0.05) is 18.2 Å². The Labute approximate surface area is 146 Å². The second-order valence-corrected chi connectivity index (χ2v) is 8.31. The molecular weight excluding hydrogens is 347 g/mol. The van der Waals surface area contributed by atoms with E-state index in [0.29, 0.717) is 26.2 Å². The van der Waals surface area contributed by atoms with Crippen LogP contribution in [-0.2, 0) is 10.0 Å². The van der Waals surface area contributed by atoms with Crippen molar-refractivity contribution >= 4 is 27.5 Å². The highest BCUT2D eigenvalue weighted by Gasteiger charge is 2.29. The van der Waals surface area contributed by atoms with Gasteiger partial charge in [0.1, 0.15) is 5.82 Å². The van der Waals surface area contributed by atoms with Gasteiger partial charge in [-0.25, -0.2) is 12.8 Å². The maximum absolute atomic E-state index is 13.3. The van der Waals surface area contributed by atoms with E-state index >= 15 is 0 Å². The topological polar surface area (TPSA) is 40.6 Å². The maximum Gasteiger partial charge on any atom is 0.243 e. The highest BCUT2D eigenvalue weighted by molar-refractivity contribution is 7.98. The van der Waals surface area contributed by atoms with Crippen molar-refractivity contribution in [2.45, 2.75) is 9.79 Å². The van der Waals surface area contributed by atoms with Crippen molar-refractivity contribution in [3.8, 4) is 0 Å². The third kappa shape index (κ3) is 3.43. The van der Waals surface area contributed by atoms with Gasteiger partial charge in [0.2, 0.25) is 10.0 Å². The standard InChI is InChI=1S/C17H19FN2O2S2/c1-23-17-8-3-2-7-16(17)19-9-11-20(12-10-19)24(21,22)15-6-4-5-14(18)13-15/h2-8,13H,9-12H2,1H3. The Morgan fingerprint density at radius 3 is 2.38 bits per heavy atom. The van der Waals surface area contributed by atoms with E-state index in [-0.39, 0.29) is 4.90 Å². The van der Waals surface area contributed by atoms with Crippen LogP contribution in [0.5, 0.6) is 0 Å². The molecule has 7 heteroatoms. The molecule has 0 aromatic heterocycles. The van der Waals surface area contributed by atoms with Crippen LogP contribution < -0.4 is 4.90 Å². The van der Waals surface area contributed by atoms with Crippen LogP contribution in [0.1, 0.15) is 0 Å². The molecular formula is C17H19FN2O2S2. The van der Waals surface area contributed by atoms with Crippen molar-refractivity contribution in [2.75, 3.05) is 37.3 Å². The van der Waals surface area contributed by atoms with E-state index in [1.165, 1.54) is 27.4 Å². The first-order valence-corrected chi connectivity index (χ1v) is 10.3. The van der Waals surface area contributed by atoms with Crippen molar-refractivity contribution in [1.82, 2.24) is 4.31 Å². The lowest BCUT2D eigenvalue weighted by Gasteiger charge is -2.36. The number of halogens is 1. The molecule has 2 aromatic carbocycles. The number of thioether (sulfide) groups is 1. The van der Waals surface area contributed by atoms with Crippen LogP contribution in [0, 0.1) is 5.82 Å². The molecule has 0 aliphatic carbocycles. The van der Waals surface area contributed by atoms with Gasteiger partial charge in [-0.3, -0.25) is 0 Å². The van der Waals surface area contributed by atoms with Gasteiger partial charge >= 0.3 is 0 Å². The molecule has 0 amide bonds. The lowest BCUT2D eigenvalue weighted by atomic mass is 10.2. The number of benzene rings is 2. The fraction of sp³-hybridized carbons (Fsp3) is 0.294. The average molecular weight is 366 g/mol. The molecule has 1 heterocycles. The molecule has 3 rings (SSSR count). The molecule has 0 saturated carbocycles. The third-order valence-corrected chi connectivity index (χ3v) is 6.78. The molecule has 0 spiro atoms. The van der Waals surface area contributed by atoms with Crippen LogP contribution in [0.2, 0.25) is 0 Å². The number of rotatable bonds is 4. The molecule has 128 valence electrons. The van der Waals surface area contributed by atoms with E-state index in [2.05, 4.69) is 17.0 Å². The minimum absolute atomic E-state index is 0.0143. The van der Waals surface area contributed by atoms with Crippen molar-refractivity contribution in [3.05, 3.63) is 54.3 Å². The highest BCUT2D eigenvalue weighted by atomic mass is 32.2. The Morgan fingerprint density at radius 1 is 1.00 bits per heavy atom. The lowest BCUT2D eigenvalue weighted by molar-refractivity contribution is 0.384. The molecule has 1 aliphatic heterocycles. The summed E-state index contributed by atoms with van der Waals surface area (Å²) in [4.78, 5) is 3.39. The number of piperazine rings is 1. The zero-order valence-corrected chi connectivity index (χ0v) is 15.0. The number of anilines is 1. The van der Waals surface area contributed by atoms with Gasteiger partial charge in [0.05, 0.1) is 10.6 Å². The Hall–Kier alpha value is -1.57. The second-order valence-electron chi connectivity index (χ2n) is 5.52. The molecule has 1 aliphatic rings. The molecule has 4 nitrogen and oxygen atoms in total.